The van der Waals surface area contributed by atoms with Crippen molar-refractivity contribution in [2.45, 2.75) is 39.0 Å². The highest BCUT2D eigenvalue weighted by molar-refractivity contribution is 6.30. The van der Waals surface area contributed by atoms with Crippen molar-refractivity contribution in [2.75, 3.05) is 20.3 Å². The number of hydrogen-bond donors (Lipinski definition) is 3. The summed E-state index contributed by atoms with van der Waals surface area (Å²) in [6.07, 6.45) is 1.42. The number of nitrogens with two attached hydrogens (primary N) is 1. The zero-order valence-corrected chi connectivity index (χ0v) is 22.4. The number of guanidine groups is 1. The topological polar surface area (TPSA) is 150 Å². The highest BCUT2D eigenvalue weighted by Gasteiger charge is 2.22. The second-order valence-electron chi connectivity index (χ2n) is 8.91. The number of rotatable bonds is 9. The molecule has 0 radical (unpaired) electrons. The maximum atomic E-state index is 12.9. The van der Waals surface area contributed by atoms with Crippen molar-refractivity contribution in [2.24, 2.45) is 10.7 Å². The fourth-order valence-corrected chi connectivity index (χ4v) is 4.35. The number of aliphatic imine (C=N–C) groups is 1. The Hall–Kier alpha value is -4.09. The Balaban J connectivity index is 1.34. The zero-order valence-electron chi connectivity index (χ0n) is 21.7. The van der Waals surface area contributed by atoms with Gasteiger partial charge in [-0.1, -0.05) is 22.8 Å². The van der Waals surface area contributed by atoms with Crippen LogP contribution in [0.4, 0.5) is 4.79 Å². The summed E-state index contributed by atoms with van der Waals surface area (Å²) in [5.41, 5.74) is 8.69. The first-order chi connectivity index (χ1) is 18.8. The highest BCUT2D eigenvalue weighted by atomic mass is 35.5. The van der Waals surface area contributed by atoms with Crippen molar-refractivity contribution in [1.82, 2.24) is 15.8 Å². The van der Waals surface area contributed by atoms with Crippen LogP contribution in [0.5, 0.6) is 5.75 Å². The minimum Gasteiger partial charge on any atom is -0.497 e. The molecule has 1 unspecified atom stereocenters. The van der Waals surface area contributed by atoms with Crippen LogP contribution in [0.1, 0.15) is 40.1 Å². The van der Waals surface area contributed by atoms with Gasteiger partial charge in [-0.05, 0) is 67.3 Å². The summed E-state index contributed by atoms with van der Waals surface area (Å²) in [6.45, 7) is 3.03. The van der Waals surface area contributed by atoms with E-state index in [2.05, 4.69) is 20.8 Å². The Kier molecular flexibility index (Phi) is 9.40. The van der Waals surface area contributed by atoms with Crippen molar-refractivity contribution in [1.29, 1.82) is 0 Å². The van der Waals surface area contributed by atoms with Crippen molar-refractivity contribution in [3.8, 4) is 17.0 Å². The number of nitrogens with one attached hydrogen (secondary N) is 2. The molecule has 2 heterocycles. The monoisotopic (exact) mass is 555 g/mol. The van der Waals surface area contributed by atoms with E-state index in [0.29, 0.717) is 39.9 Å². The second-order valence-corrected chi connectivity index (χ2v) is 9.34. The van der Waals surface area contributed by atoms with Gasteiger partial charge in [-0.2, -0.15) is 4.99 Å². The van der Waals surface area contributed by atoms with E-state index in [1.807, 2.05) is 6.07 Å². The van der Waals surface area contributed by atoms with Gasteiger partial charge < -0.3 is 35.1 Å². The van der Waals surface area contributed by atoms with Crippen molar-refractivity contribution in [3.05, 3.63) is 69.9 Å². The summed E-state index contributed by atoms with van der Waals surface area (Å²) in [6, 6.07) is 12.3. The van der Waals surface area contributed by atoms with E-state index in [-0.39, 0.29) is 30.8 Å². The van der Waals surface area contributed by atoms with Gasteiger partial charge in [0.15, 0.2) is 5.96 Å². The first-order valence-electron chi connectivity index (χ1n) is 12.4. The molecule has 12 heteroatoms. The first-order valence-corrected chi connectivity index (χ1v) is 12.7. The molecule has 1 aromatic heterocycles. The minimum absolute atomic E-state index is 0.0307. The number of halogens is 1. The predicted octanol–water partition coefficient (Wildman–Crippen LogP) is 3.96. The van der Waals surface area contributed by atoms with E-state index >= 15 is 0 Å². The van der Waals surface area contributed by atoms with Crippen molar-refractivity contribution >= 4 is 29.6 Å². The Labute approximate surface area is 230 Å². The summed E-state index contributed by atoms with van der Waals surface area (Å²) in [5, 5.41) is 10.1. The lowest BCUT2D eigenvalue weighted by Crippen LogP contribution is -2.32. The van der Waals surface area contributed by atoms with Gasteiger partial charge in [-0.25, -0.2) is 4.79 Å². The van der Waals surface area contributed by atoms with Crippen LogP contribution in [0, 0.1) is 6.92 Å². The highest BCUT2D eigenvalue weighted by Crippen LogP contribution is 2.27. The normalized spacial score (nSPS) is 15.2. The Bertz CT molecular complexity index is 1330. The van der Waals surface area contributed by atoms with E-state index in [1.165, 1.54) is 0 Å². The van der Waals surface area contributed by atoms with E-state index in [9.17, 15) is 9.59 Å². The van der Waals surface area contributed by atoms with Gasteiger partial charge in [0.05, 0.1) is 13.2 Å². The molecule has 11 nitrogen and oxygen atoms in total. The van der Waals surface area contributed by atoms with Gasteiger partial charge in [0.2, 0.25) is 0 Å². The average molecular weight is 556 g/mol. The number of aryl methyl sites for hydroxylation is 1. The molecule has 0 aliphatic carbocycles. The third-order valence-corrected chi connectivity index (χ3v) is 6.24. The summed E-state index contributed by atoms with van der Waals surface area (Å²) in [5.74, 6) is 0.305. The van der Waals surface area contributed by atoms with Crippen molar-refractivity contribution in [3.63, 3.8) is 0 Å². The molecule has 2 amide bonds. The zero-order chi connectivity index (χ0) is 27.8. The van der Waals surface area contributed by atoms with E-state index < -0.39 is 12.0 Å². The SMILES string of the molecule is COc1ccc(-c2noc(C)c2C(=O)/N=C(\N)NCc2cc(Cl)cc(COC(=O)NCC3CCCO3)c2)cc1. The lowest BCUT2D eigenvalue weighted by Gasteiger charge is -2.12. The van der Waals surface area contributed by atoms with Crippen LogP contribution in [0.15, 0.2) is 52.0 Å². The van der Waals surface area contributed by atoms with Crippen LogP contribution in [-0.4, -0.2) is 49.5 Å². The molecule has 0 spiro atoms. The number of aromatic nitrogens is 1. The molecule has 4 N–H and O–H groups in total. The second kappa shape index (κ2) is 13.1. The molecule has 0 bridgehead atoms. The smallest absolute Gasteiger partial charge is 0.407 e. The number of benzene rings is 2. The first kappa shape index (κ1) is 27.9. The van der Waals surface area contributed by atoms with Crippen LogP contribution in [0.3, 0.4) is 0 Å². The number of amides is 2. The number of carbonyl (C=O) groups is 2. The van der Waals surface area contributed by atoms with Gasteiger partial charge >= 0.3 is 6.09 Å². The summed E-state index contributed by atoms with van der Waals surface area (Å²) >= 11 is 6.25. The number of methoxy groups -OCH3 is 1. The molecule has 1 aliphatic rings. The maximum absolute atomic E-state index is 12.9. The van der Waals surface area contributed by atoms with Crippen molar-refractivity contribution < 1.29 is 28.3 Å². The molecule has 39 heavy (non-hydrogen) atoms. The molecule has 2 aromatic carbocycles. The lowest BCUT2D eigenvalue weighted by molar-refractivity contribution is 0.0996. The minimum atomic E-state index is -0.598. The lowest BCUT2D eigenvalue weighted by atomic mass is 10.1. The van der Waals surface area contributed by atoms with Gasteiger partial charge in [-0.3, -0.25) is 4.79 Å². The Morgan fingerprint density at radius 2 is 1.95 bits per heavy atom. The molecule has 3 aromatic rings. The Morgan fingerprint density at radius 1 is 1.18 bits per heavy atom. The van der Waals surface area contributed by atoms with Gasteiger partial charge in [0.1, 0.15) is 29.4 Å². The number of alkyl carbamates (subject to hydrolysis) is 1. The number of hydrogen-bond acceptors (Lipinski definition) is 7. The number of ether oxygens (including phenoxy) is 3. The average Bonchev–Trinajstić information content (AvgIpc) is 3.59. The van der Waals surface area contributed by atoms with Crippen LogP contribution in [0.2, 0.25) is 5.02 Å². The molecule has 1 atom stereocenters. The molecular formula is C27H30ClN5O6. The van der Waals surface area contributed by atoms with Gasteiger partial charge in [0.25, 0.3) is 5.91 Å². The number of nitrogens with zero attached hydrogens (tertiary/aromatic N) is 2. The van der Waals surface area contributed by atoms with Crippen LogP contribution < -0.4 is 21.1 Å². The van der Waals surface area contributed by atoms with Crippen LogP contribution in [-0.2, 0) is 22.6 Å². The molecule has 1 fully saturated rings. The molecular weight excluding hydrogens is 526 g/mol. The molecule has 206 valence electrons. The summed E-state index contributed by atoms with van der Waals surface area (Å²) < 4.78 is 21.2. The quantitative estimate of drug-likeness (QED) is 0.263. The number of carbonyl (C=O) groups excluding carboxylic acids is 2. The maximum Gasteiger partial charge on any atom is 0.407 e. The summed E-state index contributed by atoms with van der Waals surface area (Å²) in [7, 11) is 1.57. The van der Waals surface area contributed by atoms with Gasteiger partial charge in [-0.15, -0.1) is 0 Å². The van der Waals surface area contributed by atoms with E-state index in [1.54, 1.807) is 50.4 Å². The fourth-order valence-electron chi connectivity index (χ4n) is 4.07. The van der Waals surface area contributed by atoms with E-state index in [4.69, 9.17) is 36.1 Å². The molecule has 1 aliphatic heterocycles. The molecule has 0 saturated carbocycles. The third-order valence-electron chi connectivity index (χ3n) is 6.02. The van der Waals surface area contributed by atoms with E-state index in [0.717, 1.165) is 25.0 Å². The summed E-state index contributed by atoms with van der Waals surface area (Å²) in [4.78, 5) is 28.9. The fraction of sp³-hybridized carbons (Fsp3) is 0.333. The predicted molar refractivity (Wildman–Crippen MR) is 145 cm³/mol. The molecule has 4 rings (SSSR count). The van der Waals surface area contributed by atoms with Crippen LogP contribution in [0.25, 0.3) is 11.3 Å². The molecule has 1 saturated heterocycles. The Morgan fingerprint density at radius 3 is 2.67 bits per heavy atom. The largest absolute Gasteiger partial charge is 0.497 e. The third kappa shape index (κ3) is 7.71. The van der Waals surface area contributed by atoms with Crippen LogP contribution >= 0.6 is 11.6 Å². The standard InChI is InChI=1S/C27H30ClN5O6/c1-16-23(24(33-39-16)19-5-7-21(36-2)8-6-19)25(34)32-26(29)30-13-17-10-18(12-20(28)11-17)15-38-27(35)31-14-22-4-3-9-37-22/h5-8,10-12,22H,3-4,9,13-15H2,1-2H3,(H,31,35)(H3,29,30,32,34). The van der Waals surface area contributed by atoms with Gasteiger partial charge in [0, 0.05) is 30.3 Å².